The van der Waals surface area contributed by atoms with Gasteiger partial charge in [-0.2, -0.15) is 0 Å². The number of thiophene rings is 1. The minimum absolute atomic E-state index is 0.484. The second-order valence-corrected chi connectivity index (χ2v) is 7.32. The summed E-state index contributed by atoms with van der Waals surface area (Å²) in [6.07, 6.45) is 1.08. The third-order valence-electron chi connectivity index (χ3n) is 3.45. The molecule has 0 bridgehead atoms. The van der Waals surface area contributed by atoms with Crippen molar-refractivity contribution in [3.8, 4) is 0 Å². The lowest BCUT2D eigenvalue weighted by molar-refractivity contribution is 0.460. The summed E-state index contributed by atoms with van der Waals surface area (Å²) >= 11 is 5.37. The van der Waals surface area contributed by atoms with Gasteiger partial charge < -0.3 is 5.32 Å². The van der Waals surface area contributed by atoms with Crippen LogP contribution in [0.4, 0.5) is 0 Å². The van der Waals surface area contributed by atoms with Crippen molar-refractivity contribution in [2.75, 3.05) is 6.54 Å². The molecule has 0 aliphatic rings. The van der Waals surface area contributed by atoms with Crippen molar-refractivity contribution in [1.29, 1.82) is 0 Å². The number of halogens is 1. The predicted molar refractivity (Wildman–Crippen MR) is 88.0 cm³/mol. The van der Waals surface area contributed by atoms with Gasteiger partial charge in [-0.1, -0.05) is 44.2 Å². The van der Waals surface area contributed by atoms with Crippen molar-refractivity contribution >= 4 is 27.3 Å². The quantitative estimate of drug-likeness (QED) is 0.795. The Hall–Kier alpha value is -0.640. The highest BCUT2D eigenvalue weighted by Gasteiger charge is 2.19. The van der Waals surface area contributed by atoms with Crippen LogP contribution in [-0.2, 0) is 6.42 Å². The highest BCUT2D eigenvalue weighted by molar-refractivity contribution is 9.11. The van der Waals surface area contributed by atoms with Crippen LogP contribution in [0.15, 0.2) is 46.3 Å². The Morgan fingerprint density at radius 3 is 2.47 bits per heavy atom. The van der Waals surface area contributed by atoms with Gasteiger partial charge in [0.25, 0.3) is 0 Å². The molecule has 102 valence electrons. The van der Waals surface area contributed by atoms with Gasteiger partial charge in [0.2, 0.25) is 0 Å². The van der Waals surface area contributed by atoms with E-state index in [1.54, 1.807) is 0 Å². The van der Waals surface area contributed by atoms with Crippen LogP contribution in [0.25, 0.3) is 0 Å². The topological polar surface area (TPSA) is 12.0 Å². The Morgan fingerprint density at radius 1 is 1.16 bits per heavy atom. The summed E-state index contributed by atoms with van der Waals surface area (Å²) < 4.78 is 1.21. The van der Waals surface area contributed by atoms with Gasteiger partial charge in [0.1, 0.15) is 0 Å². The van der Waals surface area contributed by atoms with Crippen LogP contribution in [0.1, 0.15) is 30.2 Å². The van der Waals surface area contributed by atoms with Crippen LogP contribution in [0.5, 0.6) is 0 Å². The number of rotatable bonds is 6. The summed E-state index contributed by atoms with van der Waals surface area (Å²) in [7, 11) is 0. The van der Waals surface area contributed by atoms with E-state index in [0.717, 1.165) is 13.0 Å². The summed E-state index contributed by atoms with van der Waals surface area (Å²) in [4.78, 5) is 1.43. The molecule has 1 aromatic carbocycles. The maximum Gasteiger partial charge on any atom is 0.0701 e. The van der Waals surface area contributed by atoms with Crippen LogP contribution in [0.2, 0.25) is 0 Å². The van der Waals surface area contributed by atoms with Crippen LogP contribution in [0.3, 0.4) is 0 Å². The molecule has 0 spiro atoms. The second-order valence-electron chi connectivity index (χ2n) is 4.77. The molecule has 0 fully saturated rings. The molecule has 2 unspecified atom stereocenters. The molecule has 3 heteroatoms. The fraction of sp³-hybridized carbons (Fsp3) is 0.375. The molecule has 1 N–H and O–H groups in total. The fourth-order valence-electron chi connectivity index (χ4n) is 2.36. The van der Waals surface area contributed by atoms with Crippen LogP contribution in [-0.4, -0.2) is 12.6 Å². The summed E-state index contributed by atoms with van der Waals surface area (Å²) in [5.41, 5.74) is 1.41. The van der Waals surface area contributed by atoms with Crippen LogP contribution >= 0.6 is 27.3 Å². The first-order valence-corrected chi connectivity index (χ1v) is 8.34. The Kier molecular flexibility index (Phi) is 5.61. The third kappa shape index (κ3) is 4.16. The van der Waals surface area contributed by atoms with E-state index in [-0.39, 0.29) is 0 Å². The molecule has 0 saturated heterocycles. The zero-order valence-electron chi connectivity index (χ0n) is 11.4. The molecule has 19 heavy (non-hydrogen) atoms. The average molecular weight is 338 g/mol. The maximum atomic E-state index is 3.63. The minimum Gasteiger partial charge on any atom is -0.313 e. The van der Waals surface area contributed by atoms with E-state index >= 15 is 0 Å². The van der Waals surface area contributed by atoms with Gasteiger partial charge in [0.05, 0.1) is 3.79 Å². The molecular formula is C16H20BrNS. The maximum absolute atomic E-state index is 3.63. The molecule has 0 radical (unpaired) electrons. The second kappa shape index (κ2) is 7.22. The normalized spacial score (nSPS) is 14.3. The number of hydrogen-bond acceptors (Lipinski definition) is 2. The third-order valence-corrected chi connectivity index (χ3v) is 5.09. The van der Waals surface area contributed by atoms with Crippen molar-refractivity contribution in [2.24, 2.45) is 0 Å². The van der Waals surface area contributed by atoms with Crippen molar-refractivity contribution in [3.05, 3.63) is 56.7 Å². The Labute approximate surface area is 128 Å². The zero-order chi connectivity index (χ0) is 13.7. The smallest absolute Gasteiger partial charge is 0.0701 e. The fourth-order valence-corrected chi connectivity index (χ4v) is 3.90. The monoisotopic (exact) mass is 337 g/mol. The van der Waals surface area contributed by atoms with Gasteiger partial charge in [-0.25, -0.2) is 0 Å². The first-order valence-electron chi connectivity index (χ1n) is 6.73. The van der Waals surface area contributed by atoms with Gasteiger partial charge in [0.15, 0.2) is 0 Å². The summed E-state index contributed by atoms with van der Waals surface area (Å²) in [6.45, 7) is 5.49. The van der Waals surface area contributed by atoms with Gasteiger partial charge in [-0.3, -0.25) is 0 Å². The Balaban J connectivity index is 2.11. The number of nitrogens with one attached hydrogen (secondary N) is 1. The zero-order valence-corrected chi connectivity index (χ0v) is 13.8. The van der Waals surface area contributed by atoms with E-state index in [1.165, 1.54) is 14.2 Å². The first kappa shape index (κ1) is 14.8. The molecule has 0 saturated carbocycles. The van der Waals surface area contributed by atoms with Gasteiger partial charge in [-0.05, 0) is 52.5 Å². The highest BCUT2D eigenvalue weighted by atomic mass is 79.9. The van der Waals surface area contributed by atoms with E-state index < -0.39 is 0 Å². The van der Waals surface area contributed by atoms with E-state index in [2.05, 4.69) is 77.6 Å². The number of likely N-dealkylation sites (N-methyl/N-ethyl adjacent to an activating group) is 1. The largest absolute Gasteiger partial charge is 0.313 e. The number of hydrogen-bond donors (Lipinski definition) is 1. The van der Waals surface area contributed by atoms with Crippen molar-refractivity contribution < 1.29 is 0 Å². The van der Waals surface area contributed by atoms with E-state index in [9.17, 15) is 0 Å². The Bertz CT molecular complexity index is 494. The first-order chi connectivity index (χ1) is 9.20. The molecule has 1 nitrogen and oxygen atoms in total. The molecule has 0 aliphatic carbocycles. The average Bonchev–Trinajstić information content (AvgIpc) is 2.84. The molecule has 2 aromatic rings. The van der Waals surface area contributed by atoms with E-state index in [4.69, 9.17) is 0 Å². The summed E-state index contributed by atoms with van der Waals surface area (Å²) in [6, 6.07) is 15.6. The lowest BCUT2D eigenvalue weighted by Crippen LogP contribution is -2.35. The molecular weight excluding hydrogens is 318 g/mol. The Morgan fingerprint density at radius 2 is 1.89 bits per heavy atom. The lowest BCUT2D eigenvalue weighted by Gasteiger charge is -2.25. The van der Waals surface area contributed by atoms with E-state index in [1.807, 2.05) is 11.3 Å². The molecule has 0 amide bonds. The van der Waals surface area contributed by atoms with Gasteiger partial charge >= 0.3 is 0 Å². The van der Waals surface area contributed by atoms with Gasteiger partial charge in [0, 0.05) is 10.9 Å². The highest BCUT2D eigenvalue weighted by Crippen LogP contribution is 2.27. The SMILES string of the molecule is CCNC(Cc1ccc(Br)s1)C(C)c1ccccc1. The molecule has 1 heterocycles. The van der Waals surface area contributed by atoms with Crippen LogP contribution < -0.4 is 5.32 Å². The molecule has 0 aliphatic heterocycles. The number of benzene rings is 1. The van der Waals surface area contributed by atoms with Crippen LogP contribution in [0, 0.1) is 0 Å². The summed E-state index contributed by atoms with van der Waals surface area (Å²) in [5, 5.41) is 3.63. The summed E-state index contributed by atoms with van der Waals surface area (Å²) in [5.74, 6) is 0.516. The standard InChI is InChI=1S/C16H20BrNS/c1-3-18-15(11-14-9-10-16(17)19-14)12(2)13-7-5-4-6-8-13/h4-10,12,15,18H,3,11H2,1-2H3. The minimum atomic E-state index is 0.484. The van der Waals surface area contributed by atoms with Gasteiger partial charge in [-0.15, -0.1) is 11.3 Å². The van der Waals surface area contributed by atoms with Crippen molar-refractivity contribution in [3.63, 3.8) is 0 Å². The molecule has 2 rings (SSSR count). The lowest BCUT2D eigenvalue weighted by atomic mass is 9.91. The molecule has 2 atom stereocenters. The van der Waals surface area contributed by atoms with Crippen molar-refractivity contribution in [1.82, 2.24) is 5.32 Å². The predicted octanol–water partition coefficient (Wildman–Crippen LogP) is 4.83. The van der Waals surface area contributed by atoms with Crippen molar-refractivity contribution in [2.45, 2.75) is 32.2 Å². The molecule has 1 aromatic heterocycles. The van der Waals surface area contributed by atoms with E-state index in [0.29, 0.717) is 12.0 Å².